The van der Waals surface area contributed by atoms with E-state index in [1.54, 1.807) is 0 Å². The van der Waals surface area contributed by atoms with Crippen molar-refractivity contribution < 1.29 is 144 Å². The van der Waals surface area contributed by atoms with Crippen LogP contribution in [0.25, 0.3) is 0 Å². The highest BCUT2D eigenvalue weighted by molar-refractivity contribution is 4.99. The molecule has 0 amide bonds. The third-order valence-electron chi connectivity index (χ3n) is 12.9. The molecule has 30 atom stereocenters. The van der Waals surface area contributed by atoms with Crippen molar-refractivity contribution in [2.45, 2.75) is 192 Å². The van der Waals surface area contributed by atoms with Crippen LogP contribution in [0.5, 0.6) is 0 Å². The van der Waals surface area contributed by atoms with E-state index in [1.807, 2.05) is 0 Å². The minimum Gasteiger partial charge on any atom is -0.394 e. The van der Waals surface area contributed by atoms with Crippen LogP contribution in [0.3, 0.4) is 0 Å². The van der Waals surface area contributed by atoms with Crippen LogP contribution in [-0.2, 0) is 56.8 Å². The van der Waals surface area contributed by atoms with Gasteiger partial charge in [-0.15, -0.1) is 0 Å². The number of aliphatic hydroxyl groups excluding tert-OH is 17. The maximum atomic E-state index is 11.6. The van der Waals surface area contributed by atoms with Crippen molar-refractivity contribution in [3.63, 3.8) is 0 Å². The molecule has 29 heteroatoms. The highest BCUT2D eigenvalue weighted by Crippen LogP contribution is 2.38. The molecule has 6 fully saturated rings. The van der Waals surface area contributed by atoms with Gasteiger partial charge in [-0.25, -0.2) is 0 Å². The van der Waals surface area contributed by atoms with Gasteiger partial charge in [0.25, 0.3) is 0 Å². The van der Waals surface area contributed by atoms with E-state index in [1.165, 1.54) is 21.0 Å². The van der Waals surface area contributed by atoms with Gasteiger partial charge in [0.1, 0.15) is 128 Å². The fraction of sp³-hybridized carbons (Fsp3) is 1.00. The predicted octanol–water partition coefficient (Wildman–Crippen LogP) is -11.1. The molecule has 17 N–H and O–H groups in total. The van der Waals surface area contributed by atoms with Crippen molar-refractivity contribution in [2.24, 2.45) is 5.92 Å². The van der Waals surface area contributed by atoms with Crippen molar-refractivity contribution >= 4 is 0 Å². The first-order valence-corrected chi connectivity index (χ1v) is 21.7. The molecule has 6 saturated heterocycles. The molecule has 0 aromatic heterocycles. The molecule has 12 unspecified atom stereocenters. The van der Waals surface area contributed by atoms with Crippen LogP contribution in [-0.4, -0.2) is 305 Å². The monoisotopic (exact) mass is 986 g/mol. The summed E-state index contributed by atoms with van der Waals surface area (Å²) in [5.41, 5.74) is 0. The van der Waals surface area contributed by atoms with E-state index in [4.69, 9.17) is 56.8 Å². The van der Waals surface area contributed by atoms with Gasteiger partial charge < -0.3 is 144 Å². The Bertz CT molecular complexity index is 1500. The van der Waals surface area contributed by atoms with Crippen molar-refractivity contribution in [2.75, 3.05) is 40.1 Å². The Labute approximate surface area is 381 Å². The van der Waals surface area contributed by atoms with Crippen molar-refractivity contribution in [3.8, 4) is 0 Å². The maximum Gasteiger partial charge on any atom is 0.187 e. The van der Waals surface area contributed by atoms with Gasteiger partial charge in [-0.1, -0.05) is 6.92 Å². The largest absolute Gasteiger partial charge is 0.394 e. The summed E-state index contributed by atoms with van der Waals surface area (Å²) in [6.45, 7) is -1.70. The molecule has 0 aromatic rings. The second-order valence-corrected chi connectivity index (χ2v) is 17.3. The van der Waals surface area contributed by atoms with Gasteiger partial charge in [-0.2, -0.15) is 0 Å². The molecule has 0 spiro atoms. The van der Waals surface area contributed by atoms with Gasteiger partial charge >= 0.3 is 0 Å². The van der Waals surface area contributed by atoms with Crippen molar-refractivity contribution in [1.82, 2.24) is 0 Å². The van der Waals surface area contributed by atoms with Gasteiger partial charge in [0.05, 0.1) is 45.2 Å². The highest BCUT2D eigenvalue weighted by atomic mass is 16.8. The molecular formula is C38H66O29. The average Bonchev–Trinajstić information content (AvgIpc) is 3.32. The Morgan fingerprint density at radius 3 is 1.19 bits per heavy atom. The van der Waals surface area contributed by atoms with Crippen molar-refractivity contribution in [3.05, 3.63) is 0 Å². The maximum absolute atomic E-state index is 11.6. The fourth-order valence-corrected chi connectivity index (χ4v) is 8.85. The molecule has 6 rings (SSSR count). The normalized spacial score (nSPS) is 53.4. The number of rotatable bonds is 16. The van der Waals surface area contributed by atoms with Crippen LogP contribution < -0.4 is 0 Å². The van der Waals surface area contributed by atoms with Crippen LogP contribution in [0, 0.1) is 5.92 Å². The Morgan fingerprint density at radius 1 is 0.299 bits per heavy atom. The SMILES string of the molecule is CO[C@@H]1OC(CO)[C@@H](O[C@@H]2OC(CO)[C@H](O[C@H]3OC(CO)[C@H](O)[C@H](O[C@@H]4OC(CO)[C@H](O)[C@H](O[C@@H]5OC(CO)[C@H](O)[C@H](O)C5O[C@@H]5OC(C)[C@@H](O)C(O)[C@@H]5O)C4C)C3O)[C@H](O)C2O)[C@H](O)C1O. The Morgan fingerprint density at radius 2 is 0.657 bits per heavy atom. The van der Waals surface area contributed by atoms with Crippen LogP contribution >= 0.6 is 0 Å². The lowest BCUT2D eigenvalue weighted by Gasteiger charge is -2.50. The molecule has 0 saturated carbocycles. The molecular weight excluding hydrogens is 920 g/mol. The van der Waals surface area contributed by atoms with E-state index < -0.39 is 217 Å². The lowest BCUT2D eigenvalue weighted by atomic mass is 9.91. The Kier molecular flexibility index (Phi) is 19.4. The second-order valence-electron chi connectivity index (χ2n) is 17.3. The second kappa shape index (κ2) is 23.6. The number of hydrogen-bond acceptors (Lipinski definition) is 29. The van der Waals surface area contributed by atoms with E-state index in [0.717, 1.165) is 0 Å². The van der Waals surface area contributed by atoms with Crippen LogP contribution in [0.2, 0.25) is 0 Å². The van der Waals surface area contributed by atoms with Gasteiger partial charge in [-0.05, 0) is 6.92 Å². The number of methoxy groups -OCH3 is 1. The molecule has 0 aromatic carbocycles. The van der Waals surface area contributed by atoms with Gasteiger partial charge in [0.15, 0.2) is 37.7 Å². The molecule has 6 aliphatic heterocycles. The fourth-order valence-electron chi connectivity index (χ4n) is 8.85. The summed E-state index contributed by atoms with van der Waals surface area (Å²) in [6, 6.07) is 0. The van der Waals surface area contributed by atoms with E-state index in [9.17, 15) is 86.8 Å². The zero-order valence-electron chi connectivity index (χ0n) is 36.4. The summed E-state index contributed by atoms with van der Waals surface area (Å²) in [5.74, 6) is -1.22. The van der Waals surface area contributed by atoms with Gasteiger partial charge in [0.2, 0.25) is 0 Å². The van der Waals surface area contributed by atoms with E-state index in [-0.39, 0.29) is 0 Å². The summed E-state index contributed by atoms with van der Waals surface area (Å²) < 4.78 is 68.0. The van der Waals surface area contributed by atoms with E-state index >= 15 is 0 Å². The Hall–Kier alpha value is -1.16. The molecule has 6 aliphatic rings. The predicted molar refractivity (Wildman–Crippen MR) is 206 cm³/mol. The molecule has 29 nitrogen and oxygen atoms in total. The zero-order valence-corrected chi connectivity index (χ0v) is 36.4. The summed E-state index contributed by atoms with van der Waals surface area (Å²) in [7, 11) is 1.17. The lowest BCUT2D eigenvalue weighted by molar-refractivity contribution is -0.396. The van der Waals surface area contributed by atoms with Gasteiger partial charge in [0, 0.05) is 13.0 Å². The molecule has 0 aliphatic carbocycles. The summed E-state index contributed by atoms with van der Waals surface area (Å²) in [4.78, 5) is 0. The molecule has 0 radical (unpaired) electrons. The number of aliphatic hydroxyl groups is 17. The average molecular weight is 987 g/mol. The van der Waals surface area contributed by atoms with Crippen LogP contribution in [0.4, 0.5) is 0 Å². The standard InChI is InChI=1S/C38H66O29/c1-9-28(63-38-32(21(49)17(45)11(4-39)60-38)67-35-24(52)20(48)16(44)10(2)57-35)18(46)12(5-40)58-33(9)66-31-19(47)13(6-41)59-37(27(31)55)65-30-15(8-43)62-36(26(54)23(30)51)64-29-14(7-42)61-34(56-3)25(53)22(29)50/h9-55H,4-8H2,1-3H3/t9?,10?,11?,12?,13?,14?,15?,16-,17+,18+,19+,20?,21+,22-,23-,24+,25?,26?,27?,28-,29-,30+,31+,32?,33+,34-,35+,36+,37-,38+/m1/s1. The third-order valence-corrected chi connectivity index (χ3v) is 12.9. The molecule has 0 bridgehead atoms. The molecule has 392 valence electrons. The van der Waals surface area contributed by atoms with Gasteiger partial charge in [-0.3, -0.25) is 0 Å². The minimum absolute atomic E-state index is 0.766. The Balaban J connectivity index is 1.18. The van der Waals surface area contributed by atoms with Crippen LogP contribution in [0.1, 0.15) is 13.8 Å². The smallest absolute Gasteiger partial charge is 0.187 e. The third kappa shape index (κ3) is 11.3. The molecule has 67 heavy (non-hydrogen) atoms. The van der Waals surface area contributed by atoms with E-state index in [0.29, 0.717) is 0 Å². The summed E-state index contributed by atoms with van der Waals surface area (Å²) in [5, 5.41) is 181. The number of ether oxygens (including phenoxy) is 12. The summed E-state index contributed by atoms with van der Waals surface area (Å²) in [6.07, 6.45) is -50.1. The number of hydrogen-bond donors (Lipinski definition) is 17. The first-order chi connectivity index (χ1) is 31.8. The quantitative estimate of drug-likeness (QED) is 0.0683. The van der Waals surface area contributed by atoms with E-state index in [2.05, 4.69) is 0 Å². The summed E-state index contributed by atoms with van der Waals surface area (Å²) >= 11 is 0. The zero-order chi connectivity index (χ0) is 49.3. The van der Waals surface area contributed by atoms with Crippen LogP contribution in [0.15, 0.2) is 0 Å². The highest BCUT2D eigenvalue weighted by Gasteiger charge is 2.57. The van der Waals surface area contributed by atoms with Crippen molar-refractivity contribution in [1.29, 1.82) is 0 Å². The first-order valence-electron chi connectivity index (χ1n) is 21.7. The molecule has 6 heterocycles. The first kappa shape index (κ1) is 55.2. The lowest BCUT2D eigenvalue weighted by Crippen LogP contribution is -2.67. The minimum atomic E-state index is -2.08. The topological polar surface area (TPSA) is 455 Å².